The molecule has 2 aromatic carbocycles. The van der Waals surface area contributed by atoms with E-state index in [4.69, 9.17) is 4.74 Å². The Morgan fingerprint density at radius 1 is 1.19 bits per heavy atom. The molecule has 1 aliphatic rings. The fraction of sp³-hybridized carbons (Fsp3) is 0.294. The molecule has 21 heavy (non-hydrogen) atoms. The van der Waals surface area contributed by atoms with Gasteiger partial charge in [-0.1, -0.05) is 30.3 Å². The summed E-state index contributed by atoms with van der Waals surface area (Å²) in [6.45, 7) is 2.61. The lowest BCUT2D eigenvalue weighted by atomic mass is 10.0. The Balaban J connectivity index is 1.83. The van der Waals surface area contributed by atoms with Crippen molar-refractivity contribution in [2.75, 3.05) is 31.6 Å². The first-order chi connectivity index (χ1) is 10.3. The molecule has 0 amide bonds. The number of rotatable bonds is 3. The molecule has 4 heteroatoms. The molecule has 1 fully saturated rings. The Morgan fingerprint density at radius 3 is 2.76 bits per heavy atom. The lowest BCUT2D eigenvalue weighted by Gasteiger charge is -2.36. The number of benzene rings is 2. The molecule has 1 aliphatic heterocycles. The summed E-state index contributed by atoms with van der Waals surface area (Å²) in [6, 6.07) is 15.4. The fourth-order valence-electron chi connectivity index (χ4n) is 2.79. The monoisotopic (exact) mass is 286 g/mol. The number of methoxy groups -OCH3 is 1. The summed E-state index contributed by atoms with van der Waals surface area (Å²) in [7, 11) is 1.58. The van der Waals surface area contributed by atoms with Gasteiger partial charge in [-0.3, -0.25) is 0 Å². The van der Waals surface area contributed by atoms with Crippen molar-refractivity contribution in [1.82, 2.24) is 5.32 Å². The van der Waals surface area contributed by atoms with E-state index >= 15 is 0 Å². The van der Waals surface area contributed by atoms with Crippen molar-refractivity contribution in [2.24, 2.45) is 0 Å². The minimum atomic E-state index is -0.273. The molecule has 0 radical (unpaired) electrons. The van der Waals surface area contributed by atoms with Crippen molar-refractivity contribution in [3.8, 4) is 5.75 Å². The van der Waals surface area contributed by atoms with E-state index < -0.39 is 0 Å². The Morgan fingerprint density at radius 2 is 2.00 bits per heavy atom. The van der Waals surface area contributed by atoms with Crippen LogP contribution in [0.4, 0.5) is 10.1 Å². The van der Waals surface area contributed by atoms with Gasteiger partial charge in [-0.25, -0.2) is 4.39 Å². The summed E-state index contributed by atoms with van der Waals surface area (Å²) >= 11 is 0. The van der Waals surface area contributed by atoms with Crippen molar-refractivity contribution in [2.45, 2.75) is 6.04 Å². The Bertz CT molecular complexity index is 603. The summed E-state index contributed by atoms with van der Waals surface area (Å²) in [4.78, 5) is 2.24. The third-order valence-corrected chi connectivity index (χ3v) is 3.86. The van der Waals surface area contributed by atoms with Gasteiger partial charge in [-0.2, -0.15) is 0 Å². The second kappa shape index (κ2) is 6.14. The van der Waals surface area contributed by atoms with Gasteiger partial charge in [-0.05, 0) is 17.7 Å². The van der Waals surface area contributed by atoms with Gasteiger partial charge < -0.3 is 15.0 Å². The van der Waals surface area contributed by atoms with Crippen LogP contribution in [-0.4, -0.2) is 26.7 Å². The van der Waals surface area contributed by atoms with Gasteiger partial charge in [0.1, 0.15) is 11.6 Å². The van der Waals surface area contributed by atoms with Crippen molar-refractivity contribution in [3.63, 3.8) is 0 Å². The second-order valence-electron chi connectivity index (χ2n) is 5.18. The van der Waals surface area contributed by atoms with Gasteiger partial charge in [0.05, 0.1) is 12.8 Å². The van der Waals surface area contributed by atoms with E-state index in [1.165, 1.54) is 17.7 Å². The standard InChI is InChI=1S/C17H19FN2O/c1-21-17-11-14(18)7-8-16(17)20-10-9-19-15(12-20)13-5-3-2-4-6-13/h2-8,11,15,19H,9-10,12H2,1H3. The first kappa shape index (κ1) is 13.9. The van der Waals surface area contributed by atoms with Gasteiger partial charge in [0, 0.05) is 31.7 Å². The number of hydrogen-bond donors (Lipinski definition) is 1. The molecule has 0 aromatic heterocycles. The predicted molar refractivity (Wildman–Crippen MR) is 82.4 cm³/mol. The maximum atomic E-state index is 13.3. The molecule has 1 unspecified atom stereocenters. The second-order valence-corrected chi connectivity index (χ2v) is 5.18. The number of nitrogens with one attached hydrogen (secondary N) is 1. The average molecular weight is 286 g/mol. The van der Waals surface area contributed by atoms with E-state index in [1.54, 1.807) is 13.2 Å². The highest BCUT2D eigenvalue weighted by Crippen LogP contribution is 2.31. The normalized spacial score (nSPS) is 18.6. The van der Waals surface area contributed by atoms with Crippen molar-refractivity contribution in [1.29, 1.82) is 0 Å². The van der Waals surface area contributed by atoms with Gasteiger partial charge in [0.2, 0.25) is 0 Å². The maximum Gasteiger partial charge on any atom is 0.145 e. The van der Waals surface area contributed by atoms with Crippen LogP contribution in [0.25, 0.3) is 0 Å². The van der Waals surface area contributed by atoms with Gasteiger partial charge in [0.15, 0.2) is 0 Å². The molecule has 0 spiro atoms. The molecule has 0 bridgehead atoms. The van der Waals surface area contributed by atoms with Crippen LogP contribution >= 0.6 is 0 Å². The highest BCUT2D eigenvalue weighted by Gasteiger charge is 2.22. The molecule has 1 saturated heterocycles. The Kier molecular flexibility index (Phi) is 4.06. The van der Waals surface area contributed by atoms with Crippen LogP contribution in [0.5, 0.6) is 5.75 Å². The van der Waals surface area contributed by atoms with Gasteiger partial charge >= 0.3 is 0 Å². The zero-order chi connectivity index (χ0) is 14.7. The van der Waals surface area contributed by atoms with Crippen LogP contribution in [0.2, 0.25) is 0 Å². The van der Waals surface area contributed by atoms with Crippen LogP contribution in [-0.2, 0) is 0 Å². The molecule has 3 rings (SSSR count). The van der Waals surface area contributed by atoms with E-state index in [0.29, 0.717) is 5.75 Å². The summed E-state index contributed by atoms with van der Waals surface area (Å²) < 4.78 is 18.7. The van der Waals surface area contributed by atoms with E-state index in [9.17, 15) is 4.39 Å². The Labute approximate surface area is 124 Å². The quantitative estimate of drug-likeness (QED) is 0.939. The van der Waals surface area contributed by atoms with Crippen LogP contribution in [0.15, 0.2) is 48.5 Å². The zero-order valence-corrected chi connectivity index (χ0v) is 12.1. The minimum Gasteiger partial charge on any atom is -0.494 e. The van der Waals surface area contributed by atoms with Crippen LogP contribution in [0, 0.1) is 5.82 Å². The summed E-state index contributed by atoms with van der Waals surface area (Å²) in [6.07, 6.45) is 0. The number of hydrogen-bond acceptors (Lipinski definition) is 3. The van der Waals surface area contributed by atoms with Crippen molar-refractivity contribution in [3.05, 3.63) is 59.9 Å². The molecular formula is C17H19FN2O. The highest BCUT2D eigenvalue weighted by molar-refractivity contribution is 5.59. The molecule has 0 saturated carbocycles. The first-order valence-corrected chi connectivity index (χ1v) is 7.15. The van der Waals surface area contributed by atoms with Crippen molar-refractivity contribution < 1.29 is 9.13 Å². The first-order valence-electron chi connectivity index (χ1n) is 7.15. The highest BCUT2D eigenvalue weighted by atomic mass is 19.1. The molecule has 1 N–H and O–H groups in total. The molecule has 3 nitrogen and oxygen atoms in total. The van der Waals surface area contributed by atoms with Crippen LogP contribution < -0.4 is 15.0 Å². The molecule has 110 valence electrons. The third-order valence-electron chi connectivity index (χ3n) is 3.86. The number of piperazine rings is 1. The summed E-state index contributed by atoms with van der Waals surface area (Å²) in [5.41, 5.74) is 2.21. The van der Waals surface area contributed by atoms with Crippen LogP contribution in [0.1, 0.15) is 11.6 Å². The number of anilines is 1. The largest absolute Gasteiger partial charge is 0.494 e. The van der Waals surface area contributed by atoms with E-state index in [2.05, 4.69) is 34.5 Å². The van der Waals surface area contributed by atoms with Crippen LogP contribution in [0.3, 0.4) is 0 Å². The van der Waals surface area contributed by atoms with Gasteiger partial charge in [-0.15, -0.1) is 0 Å². The number of ether oxygens (including phenoxy) is 1. The Hall–Kier alpha value is -2.07. The predicted octanol–water partition coefficient (Wildman–Crippen LogP) is 2.99. The topological polar surface area (TPSA) is 24.5 Å². The number of halogens is 1. The molecule has 0 aliphatic carbocycles. The lowest BCUT2D eigenvalue weighted by molar-refractivity contribution is 0.405. The fourth-order valence-corrected chi connectivity index (χ4v) is 2.79. The van der Waals surface area contributed by atoms with E-state index in [1.807, 2.05) is 6.07 Å². The smallest absolute Gasteiger partial charge is 0.145 e. The SMILES string of the molecule is COc1cc(F)ccc1N1CCNC(c2ccccc2)C1. The average Bonchev–Trinajstić information content (AvgIpc) is 2.55. The van der Waals surface area contributed by atoms with E-state index in [0.717, 1.165) is 25.3 Å². The van der Waals surface area contributed by atoms with Crippen molar-refractivity contribution >= 4 is 5.69 Å². The summed E-state index contributed by atoms with van der Waals surface area (Å²) in [5.74, 6) is 0.314. The molecule has 1 heterocycles. The summed E-state index contributed by atoms with van der Waals surface area (Å²) in [5, 5.41) is 3.53. The maximum absolute atomic E-state index is 13.3. The third kappa shape index (κ3) is 3.00. The molecule has 2 aromatic rings. The van der Waals surface area contributed by atoms with Gasteiger partial charge in [0.25, 0.3) is 0 Å². The van der Waals surface area contributed by atoms with E-state index in [-0.39, 0.29) is 11.9 Å². The number of nitrogens with zero attached hydrogens (tertiary/aromatic N) is 1. The molecule has 1 atom stereocenters. The lowest BCUT2D eigenvalue weighted by Crippen LogP contribution is -2.46. The minimum absolute atomic E-state index is 0.273. The zero-order valence-electron chi connectivity index (χ0n) is 12.1. The molecular weight excluding hydrogens is 267 g/mol.